The summed E-state index contributed by atoms with van der Waals surface area (Å²) in [6.45, 7) is 0. The molecule has 1 nitrogen and oxygen atoms in total. The van der Waals surface area contributed by atoms with E-state index in [1.807, 2.05) is 16.2 Å². The van der Waals surface area contributed by atoms with Crippen molar-refractivity contribution in [1.29, 1.82) is 0 Å². The first-order valence-electron chi connectivity index (χ1n) is 2.25. The van der Waals surface area contributed by atoms with E-state index < -0.39 is 0 Å². The Morgan fingerprint density at radius 3 is 2.00 bits per heavy atom. The topological polar surface area (TPSA) is 3.24 Å². The highest BCUT2D eigenvalue weighted by atomic mass is 32.2. The zero-order valence-electron chi connectivity index (χ0n) is 5.29. The van der Waals surface area contributed by atoms with Crippen LogP contribution < -0.4 is 0 Å². The van der Waals surface area contributed by atoms with Gasteiger partial charge in [-0.05, 0) is 23.9 Å². The van der Waals surface area contributed by atoms with Crippen LogP contribution in [0.3, 0.4) is 0 Å². The second-order valence-electron chi connectivity index (χ2n) is 1.16. The molecule has 0 N–H and O–H groups in total. The van der Waals surface area contributed by atoms with E-state index in [0.29, 0.717) is 5.75 Å². The number of rotatable bonds is 3. The normalized spacial score (nSPS) is 9.22. The van der Waals surface area contributed by atoms with Crippen LogP contribution in [0.5, 0.6) is 0 Å². The van der Waals surface area contributed by atoms with Crippen molar-refractivity contribution in [3.63, 3.8) is 0 Å². The summed E-state index contributed by atoms with van der Waals surface area (Å²) in [7, 11) is 0. The van der Waals surface area contributed by atoms with E-state index in [4.69, 9.17) is 24.8 Å². The first-order chi connectivity index (χ1) is 4.26. The summed E-state index contributed by atoms with van der Waals surface area (Å²) in [6.07, 6.45) is 3.96. The fourth-order valence-electron chi connectivity index (χ4n) is 0.331. The summed E-state index contributed by atoms with van der Waals surface area (Å²) in [4.78, 5) is 0.824. The first kappa shape index (κ1) is 9.94. The minimum atomic E-state index is 0.539. The fraction of sp³-hybridized carbons (Fsp3) is 0.750. The molecule has 0 spiro atoms. The Labute approximate surface area is 75.6 Å². The quantitative estimate of drug-likeness (QED) is 0.506. The van der Waals surface area contributed by atoms with Crippen LogP contribution in [0.25, 0.3) is 0 Å². The number of nitrogens with zero attached hydrogens (tertiary/aromatic N) is 1. The fourth-order valence-corrected chi connectivity index (χ4v) is 2.20. The lowest BCUT2D eigenvalue weighted by molar-refractivity contribution is 1.17. The highest BCUT2D eigenvalue weighted by molar-refractivity contribution is 8.13. The lowest BCUT2D eigenvalue weighted by atomic mass is 10.8. The van der Waals surface area contributed by atoms with Crippen molar-refractivity contribution in [2.75, 3.05) is 18.3 Å². The third-order valence-electron chi connectivity index (χ3n) is 0.659. The third-order valence-corrected chi connectivity index (χ3v) is 3.67. The molecule has 0 saturated heterocycles. The van der Waals surface area contributed by atoms with Gasteiger partial charge in [0, 0.05) is 12.5 Å². The maximum atomic E-state index is 4.96. The van der Waals surface area contributed by atoms with Gasteiger partial charge in [-0.3, -0.25) is 3.71 Å². The van der Waals surface area contributed by atoms with E-state index in [-0.39, 0.29) is 0 Å². The van der Waals surface area contributed by atoms with Crippen LogP contribution >= 0.6 is 48.7 Å². The standard InChI is InChI=1S/C4H8NS4/c1-8-5(9-2)4(7)3-6/h3H2,1-2H3. The van der Waals surface area contributed by atoms with Crippen molar-refractivity contribution >= 4 is 53.7 Å². The van der Waals surface area contributed by atoms with Gasteiger partial charge >= 0.3 is 0 Å². The Bertz CT molecular complexity index is 90.6. The SMILES string of the molecule is CSN(SC)C(=S)C[S]. The van der Waals surface area contributed by atoms with E-state index in [2.05, 4.69) is 0 Å². The molecule has 53 valence electrons. The molecule has 0 bridgehead atoms. The molecule has 0 fully saturated rings. The molecule has 0 amide bonds. The Kier molecular flexibility index (Phi) is 6.30. The summed E-state index contributed by atoms with van der Waals surface area (Å²) in [6, 6.07) is 0. The van der Waals surface area contributed by atoms with Crippen molar-refractivity contribution < 1.29 is 0 Å². The van der Waals surface area contributed by atoms with E-state index in [1.54, 1.807) is 23.9 Å². The Morgan fingerprint density at radius 2 is 1.89 bits per heavy atom. The van der Waals surface area contributed by atoms with Crippen LogP contribution in [-0.4, -0.2) is 27.0 Å². The number of hydrogen-bond donors (Lipinski definition) is 0. The summed E-state index contributed by atoms with van der Waals surface area (Å²) < 4.78 is 1.93. The van der Waals surface area contributed by atoms with Gasteiger partial charge < -0.3 is 0 Å². The van der Waals surface area contributed by atoms with Gasteiger partial charge in [-0.25, -0.2) is 0 Å². The first-order valence-corrected chi connectivity index (χ1v) is 5.60. The van der Waals surface area contributed by atoms with E-state index >= 15 is 0 Å². The zero-order valence-corrected chi connectivity index (χ0v) is 8.55. The molecular formula is C4H8NS4. The Morgan fingerprint density at radius 1 is 1.44 bits per heavy atom. The summed E-state index contributed by atoms with van der Waals surface area (Å²) in [5, 5.41) is 0. The van der Waals surface area contributed by atoms with Crippen molar-refractivity contribution in [3.05, 3.63) is 0 Å². The minimum absolute atomic E-state index is 0.539. The van der Waals surface area contributed by atoms with Crippen molar-refractivity contribution in [1.82, 2.24) is 3.71 Å². The van der Waals surface area contributed by atoms with E-state index in [0.717, 1.165) is 4.99 Å². The van der Waals surface area contributed by atoms with Gasteiger partial charge in [0.15, 0.2) is 0 Å². The number of hydrogen-bond acceptors (Lipinski definition) is 3. The van der Waals surface area contributed by atoms with Crippen molar-refractivity contribution in [3.8, 4) is 0 Å². The molecule has 0 rings (SSSR count). The van der Waals surface area contributed by atoms with Crippen LogP contribution in [0.4, 0.5) is 0 Å². The van der Waals surface area contributed by atoms with Crippen LogP contribution in [0.15, 0.2) is 0 Å². The van der Waals surface area contributed by atoms with Gasteiger partial charge in [0.25, 0.3) is 0 Å². The largest absolute Gasteiger partial charge is 0.252 e. The van der Waals surface area contributed by atoms with E-state index in [1.165, 1.54) is 0 Å². The summed E-state index contributed by atoms with van der Waals surface area (Å²) in [5.41, 5.74) is 0. The molecule has 0 aliphatic heterocycles. The van der Waals surface area contributed by atoms with Crippen molar-refractivity contribution in [2.24, 2.45) is 0 Å². The smallest absolute Gasteiger partial charge is 0.110 e. The number of thiocarbonyl (C=S) groups is 1. The maximum Gasteiger partial charge on any atom is 0.110 e. The van der Waals surface area contributed by atoms with Gasteiger partial charge in [0.1, 0.15) is 4.99 Å². The van der Waals surface area contributed by atoms with E-state index in [9.17, 15) is 0 Å². The molecule has 5 heteroatoms. The van der Waals surface area contributed by atoms with Crippen LogP contribution in [0.2, 0.25) is 0 Å². The molecule has 1 radical (unpaired) electrons. The molecule has 0 aromatic rings. The average molecular weight is 198 g/mol. The van der Waals surface area contributed by atoms with Crippen LogP contribution in [-0.2, 0) is 0 Å². The summed E-state index contributed by atoms with van der Waals surface area (Å²) in [5.74, 6) is 0.539. The molecule has 0 saturated carbocycles. The molecule has 0 aromatic heterocycles. The van der Waals surface area contributed by atoms with Gasteiger partial charge in [-0.15, -0.1) is 0 Å². The van der Waals surface area contributed by atoms with Crippen molar-refractivity contribution in [2.45, 2.75) is 0 Å². The molecular weight excluding hydrogens is 190 g/mol. The predicted octanol–water partition coefficient (Wildman–Crippen LogP) is 2.37. The zero-order chi connectivity index (χ0) is 7.28. The molecule has 0 aromatic carbocycles. The molecule has 0 atom stereocenters. The Balaban J connectivity index is 3.64. The summed E-state index contributed by atoms with van der Waals surface area (Å²) >= 11 is 12.9. The predicted molar refractivity (Wildman–Crippen MR) is 53.9 cm³/mol. The highest BCUT2D eigenvalue weighted by Gasteiger charge is 2.03. The van der Waals surface area contributed by atoms with Crippen LogP contribution in [0.1, 0.15) is 0 Å². The molecule has 0 heterocycles. The lowest BCUT2D eigenvalue weighted by Gasteiger charge is -2.15. The van der Waals surface area contributed by atoms with Gasteiger partial charge in [0.2, 0.25) is 0 Å². The highest BCUT2D eigenvalue weighted by Crippen LogP contribution is 2.17. The molecule has 9 heavy (non-hydrogen) atoms. The van der Waals surface area contributed by atoms with Gasteiger partial charge in [-0.1, -0.05) is 24.8 Å². The molecule has 0 aliphatic carbocycles. The third kappa shape index (κ3) is 3.60. The van der Waals surface area contributed by atoms with Gasteiger partial charge in [0.05, 0.1) is 5.75 Å². The second-order valence-corrected chi connectivity index (χ2v) is 3.61. The average Bonchev–Trinajstić information content (AvgIpc) is 1.90. The molecule has 0 unspecified atom stereocenters. The van der Waals surface area contributed by atoms with Crippen LogP contribution in [0, 0.1) is 0 Å². The minimum Gasteiger partial charge on any atom is -0.252 e. The second kappa shape index (κ2) is 5.70. The maximum absolute atomic E-state index is 4.96. The Hall–Kier alpha value is 0.940. The monoisotopic (exact) mass is 198 g/mol. The van der Waals surface area contributed by atoms with Gasteiger partial charge in [-0.2, -0.15) is 0 Å². The lowest BCUT2D eigenvalue weighted by Crippen LogP contribution is -2.14. The molecule has 0 aliphatic rings.